The SMILES string of the molecule is Cc1cccc(C(=O)Nc2ccc3c(c2)OCCCO3)n1. The molecule has 0 radical (unpaired) electrons. The Labute approximate surface area is 122 Å². The number of carbonyl (C=O) groups is 1. The highest BCUT2D eigenvalue weighted by Crippen LogP contribution is 2.32. The Balaban J connectivity index is 1.79. The van der Waals surface area contributed by atoms with Gasteiger partial charge in [0.05, 0.1) is 13.2 Å². The van der Waals surface area contributed by atoms with Crippen LogP contribution in [0.5, 0.6) is 11.5 Å². The second kappa shape index (κ2) is 5.83. The standard InChI is InChI=1S/C16H16N2O3/c1-11-4-2-5-13(17-11)16(19)18-12-6-7-14-15(10-12)21-9-3-8-20-14/h2,4-7,10H,3,8-9H2,1H3,(H,18,19). The molecule has 1 N–H and O–H groups in total. The first-order valence-corrected chi connectivity index (χ1v) is 6.87. The van der Waals surface area contributed by atoms with Crippen molar-refractivity contribution in [3.63, 3.8) is 0 Å². The van der Waals surface area contributed by atoms with Gasteiger partial charge >= 0.3 is 0 Å². The fourth-order valence-electron chi connectivity index (χ4n) is 2.11. The van der Waals surface area contributed by atoms with Crippen molar-refractivity contribution in [2.75, 3.05) is 18.5 Å². The molecular formula is C16H16N2O3. The van der Waals surface area contributed by atoms with Crippen LogP contribution in [-0.4, -0.2) is 24.1 Å². The van der Waals surface area contributed by atoms with Crippen molar-refractivity contribution >= 4 is 11.6 Å². The predicted molar refractivity (Wildman–Crippen MR) is 79.0 cm³/mol. The predicted octanol–water partition coefficient (Wildman–Crippen LogP) is 2.80. The average molecular weight is 284 g/mol. The summed E-state index contributed by atoms with van der Waals surface area (Å²) in [5.41, 5.74) is 1.86. The first-order chi connectivity index (χ1) is 10.2. The van der Waals surface area contributed by atoms with Crippen LogP contribution in [0, 0.1) is 6.92 Å². The summed E-state index contributed by atoms with van der Waals surface area (Å²) in [6.07, 6.45) is 0.851. The molecule has 0 bridgehead atoms. The Hall–Kier alpha value is -2.56. The van der Waals surface area contributed by atoms with Crippen LogP contribution in [-0.2, 0) is 0 Å². The van der Waals surface area contributed by atoms with Gasteiger partial charge in [-0.25, -0.2) is 4.98 Å². The zero-order valence-electron chi connectivity index (χ0n) is 11.8. The van der Waals surface area contributed by atoms with Crippen LogP contribution in [0.25, 0.3) is 0 Å². The number of nitrogens with one attached hydrogen (secondary N) is 1. The van der Waals surface area contributed by atoms with E-state index in [1.165, 1.54) is 0 Å². The van der Waals surface area contributed by atoms with Gasteiger partial charge in [-0.1, -0.05) is 6.07 Å². The number of anilines is 1. The minimum atomic E-state index is -0.242. The second-order valence-electron chi connectivity index (χ2n) is 4.83. The van der Waals surface area contributed by atoms with Crippen LogP contribution in [0.1, 0.15) is 22.6 Å². The lowest BCUT2D eigenvalue weighted by Gasteiger charge is -2.10. The van der Waals surface area contributed by atoms with E-state index in [9.17, 15) is 4.79 Å². The van der Waals surface area contributed by atoms with E-state index < -0.39 is 0 Å². The number of carbonyl (C=O) groups excluding carboxylic acids is 1. The van der Waals surface area contributed by atoms with Gasteiger partial charge in [0.25, 0.3) is 5.91 Å². The van der Waals surface area contributed by atoms with E-state index in [2.05, 4.69) is 10.3 Å². The van der Waals surface area contributed by atoms with Gasteiger partial charge in [0, 0.05) is 23.9 Å². The lowest BCUT2D eigenvalue weighted by Crippen LogP contribution is -2.14. The first kappa shape index (κ1) is 13.4. The summed E-state index contributed by atoms with van der Waals surface area (Å²) >= 11 is 0. The minimum absolute atomic E-state index is 0.242. The molecule has 5 nitrogen and oxygen atoms in total. The number of rotatable bonds is 2. The quantitative estimate of drug-likeness (QED) is 0.921. The van der Waals surface area contributed by atoms with E-state index in [0.717, 1.165) is 12.1 Å². The summed E-state index contributed by atoms with van der Waals surface area (Å²) in [7, 11) is 0. The summed E-state index contributed by atoms with van der Waals surface area (Å²) in [4.78, 5) is 16.4. The number of hydrogen-bond donors (Lipinski definition) is 1. The Bertz CT molecular complexity index is 670. The summed E-state index contributed by atoms with van der Waals surface area (Å²) in [6, 6.07) is 10.7. The molecular weight excluding hydrogens is 268 g/mol. The summed E-state index contributed by atoms with van der Waals surface area (Å²) in [5, 5.41) is 2.82. The maximum Gasteiger partial charge on any atom is 0.274 e. The molecule has 0 fully saturated rings. The van der Waals surface area contributed by atoms with Crippen molar-refractivity contribution in [2.24, 2.45) is 0 Å². The first-order valence-electron chi connectivity index (χ1n) is 6.87. The van der Waals surface area contributed by atoms with Gasteiger partial charge in [0.1, 0.15) is 5.69 Å². The summed E-state index contributed by atoms with van der Waals surface area (Å²) in [5.74, 6) is 1.12. The monoisotopic (exact) mass is 284 g/mol. The van der Waals surface area contributed by atoms with Crippen molar-refractivity contribution in [1.29, 1.82) is 0 Å². The summed E-state index contributed by atoms with van der Waals surface area (Å²) in [6.45, 7) is 3.11. The van der Waals surface area contributed by atoms with Gasteiger partial charge in [-0.05, 0) is 31.2 Å². The second-order valence-corrected chi connectivity index (χ2v) is 4.83. The third-order valence-electron chi connectivity index (χ3n) is 3.13. The van der Waals surface area contributed by atoms with E-state index >= 15 is 0 Å². The Morgan fingerprint density at radius 2 is 1.95 bits per heavy atom. The van der Waals surface area contributed by atoms with Gasteiger partial charge in [-0.3, -0.25) is 4.79 Å². The fraction of sp³-hybridized carbons (Fsp3) is 0.250. The topological polar surface area (TPSA) is 60.5 Å². The van der Waals surface area contributed by atoms with Gasteiger partial charge in [0.15, 0.2) is 11.5 Å². The molecule has 2 heterocycles. The Morgan fingerprint density at radius 1 is 1.14 bits per heavy atom. The minimum Gasteiger partial charge on any atom is -0.490 e. The van der Waals surface area contributed by atoms with Crippen molar-refractivity contribution in [3.05, 3.63) is 47.8 Å². The van der Waals surface area contributed by atoms with Crippen LogP contribution in [0.4, 0.5) is 5.69 Å². The van der Waals surface area contributed by atoms with Crippen molar-refractivity contribution in [2.45, 2.75) is 13.3 Å². The van der Waals surface area contributed by atoms with Gasteiger partial charge in [0.2, 0.25) is 0 Å². The number of amides is 1. The summed E-state index contributed by atoms with van der Waals surface area (Å²) < 4.78 is 11.2. The van der Waals surface area contributed by atoms with E-state index in [1.54, 1.807) is 24.3 Å². The number of hydrogen-bond acceptors (Lipinski definition) is 4. The largest absolute Gasteiger partial charge is 0.490 e. The van der Waals surface area contributed by atoms with Crippen LogP contribution in [0.3, 0.4) is 0 Å². The van der Waals surface area contributed by atoms with Gasteiger partial charge in [-0.2, -0.15) is 0 Å². The lowest BCUT2D eigenvalue weighted by molar-refractivity contribution is 0.102. The normalized spacial score (nSPS) is 13.4. The maximum atomic E-state index is 12.2. The van der Waals surface area contributed by atoms with Crippen LogP contribution < -0.4 is 14.8 Å². The number of benzene rings is 1. The molecule has 0 aliphatic carbocycles. The molecule has 5 heteroatoms. The molecule has 21 heavy (non-hydrogen) atoms. The molecule has 3 rings (SSSR count). The van der Waals surface area contributed by atoms with Gasteiger partial charge in [-0.15, -0.1) is 0 Å². The molecule has 1 aliphatic heterocycles. The van der Waals surface area contributed by atoms with Crippen molar-refractivity contribution < 1.29 is 14.3 Å². The molecule has 1 aromatic heterocycles. The highest BCUT2D eigenvalue weighted by molar-refractivity contribution is 6.03. The molecule has 1 aliphatic rings. The number of aromatic nitrogens is 1. The molecule has 0 unspecified atom stereocenters. The molecule has 0 saturated carbocycles. The lowest BCUT2D eigenvalue weighted by atomic mass is 10.2. The molecule has 2 aromatic rings. The Morgan fingerprint density at radius 3 is 2.76 bits per heavy atom. The molecule has 0 atom stereocenters. The van der Waals surface area contributed by atoms with Crippen LogP contribution in [0.2, 0.25) is 0 Å². The molecule has 108 valence electrons. The zero-order chi connectivity index (χ0) is 14.7. The molecule has 1 aromatic carbocycles. The fourth-order valence-corrected chi connectivity index (χ4v) is 2.11. The third-order valence-corrected chi connectivity index (χ3v) is 3.13. The smallest absolute Gasteiger partial charge is 0.274 e. The van der Waals surface area contributed by atoms with E-state index in [0.29, 0.717) is 36.1 Å². The molecule has 1 amide bonds. The van der Waals surface area contributed by atoms with Crippen molar-refractivity contribution in [3.8, 4) is 11.5 Å². The average Bonchev–Trinajstić information content (AvgIpc) is 2.72. The Kier molecular flexibility index (Phi) is 3.73. The third kappa shape index (κ3) is 3.13. The number of ether oxygens (including phenoxy) is 2. The number of nitrogens with zero attached hydrogens (tertiary/aromatic N) is 1. The number of fused-ring (bicyclic) bond motifs is 1. The molecule has 0 spiro atoms. The van der Waals surface area contributed by atoms with E-state index in [4.69, 9.17) is 9.47 Å². The molecule has 0 saturated heterocycles. The van der Waals surface area contributed by atoms with E-state index in [1.807, 2.05) is 19.1 Å². The number of aryl methyl sites for hydroxylation is 1. The number of pyridine rings is 1. The highest BCUT2D eigenvalue weighted by atomic mass is 16.5. The van der Waals surface area contributed by atoms with E-state index in [-0.39, 0.29) is 5.91 Å². The van der Waals surface area contributed by atoms with Crippen LogP contribution >= 0.6 is 0 Å². The van der Waals surface area contributed by atoms with Gasteiger partial charge < -0.3 is 14.8 Å². The van der Waals surface area contributed by atoms with Crippen LogP contribution in [0.15, 0.2) is 36.4 Å². The zero-order valence-corrected chi connectivity index (χ0v) is 11.8. The highest BCUT2D eigenvalue weighted by Gasteiger charge is 2.13. The maximum absolute atomic E-state index is 12.2. The van der Waals surface area contributed by atoms with Crippen molar-refractivity contribution in [1.82, 2.24) is 4.98 Å².